The molecule has 0 spiro atoms. The van der Waals surface area contributed by atoms with Crippen LogP contribution in [0.15, 0.2) is 12.3 Å². The summed E-state index contributed by atoms with van der Waals surface area (Å²) in [6, 6.07) is 3.57. The standard InChI is InChI=1S/C11H11ClN2O/c12-10-5-8(6-13)7-14-11(10)15-9-3-1-2-4-9/h5,7,9H,1-4H2. The number of halogens is 1. The predicted molar refractivity (Wildman–Crippen MR) is 56.8 cm³/mol. The summed E-state index contributed by atoms with van der Waals surface area (Å²) in [7, 11) is 0. The van der Waals surface area contributed by atoms with Crippen LogP contribution >= 0.6 is 11.6 Å². The summed E-state index contributed by atoms with van der Waals surface area (Å²) in [6.45, 7) is 0. The zero-order chi connectivity index (χ0) is 10.7. The van der Waals surface area contributed by atoms with Gasteiger partial charge in [-0.1, -0.05) is 11.6 Å². The molecule has 2 rings (SSSR count). The van der Waals surface area contributed by atoms with Crippen LogP contribution < -0.4 is 4.74 Å². The van der Waals surface area contributed by atoms with E-state index in [2.05, 4.69) is 4.98 Å². The van der Waals surface area contributed by atoms with Gasteiger partial charge < -0.3 is 4.74 Å². The molecule has 15 heavy (non-hydrogen) atoms. The molecule has 0 aliphatic heterocycles. The fraction of sp³-hybridized carbons (Fsp3) is 0.455. The molecule has 1 aromatic heterocycles. The van der Waals surface area contributed by atoms with E-state index >= 15 is 0 Å². The van der Waals surface area contributed by atoms with Gasteiger partial charge in [0.2, 0.25) is 5.88 Å². The number of rotatable bonds is 2. The van der Waals surface area contributed by atoms with Gasteiger partial charge in [0.25, 0.3) is 0 Å². The van der Waals surface area contributed by atoms with Crippen molar-refractivity contribution in [1.29, 1.82) is 5.26 Å². The van der Waals surface area contributed by atoms with Gasteiger partial charge >= 0.3 is 0 Å². The van der Waals surface area contributed by atoms with Crippen LogP contribution in [0.2, 0.25) is 5.02 Å². The Morgan fingerprint density at radius 2 is 2.20 bits per heavy atom. The zero-order valence-electron chi connectivity index (χ0n) is 8.24. The topological polar surface area (TPSA) is 45.9 Å². The van der Waals surface area contributed by atoms with Gasteiger partial charge in [0, 0.05) is 6.20 Å². The first-order valence-corrected chi connectivity index (χ1v) is 5.39. The van der Waals surface area contributed by atoms with Gasteiger partial charge in [-0.3, -0.25) is 0 Å². The van der Waals surface area contributed by atoms with Gasteiger partial charge in [0.1, 0.15) is 17.2 Å². The van der Waals surface area contributed by atoms with Crippen LogP contribution in [0.1, 0.15) is 31.2 Å². The molecular formula is C11H11ClN2O. The Kier molecular flexibility index (Phi) is 3.08. The monoisotopic (exact) mass is 222 g/mol. The van der Waals surface area contributed by atoms with E-state index in [0.717, 1.165) is 12.8 Å². The van der Waals surface area contributed by atoms with Crippen molar-refractivity contribution in [2.45, 2.75) is 31.8 Å². The highest BCUT2D eigenvalue weighted by molar-refractivity contribution is 6.31. The zero-order valence-corrected chi connectivity index (χ0v) is 9.00. The molecule has 1 saturated carbocycles. The summed E-state index contributed by atoms with van der Waals surface area (Å²) in [5.74, 6) is 0.447. The molecule has 4 heteroatoms. The number of nitrogens with zero attached hydrogens (tertiary/aromatic N) is 2. The second-order valence-electron chi connectivity index (χ2n) is 3.65. The average Bonchev–Trinajstić information content (AvgIpc) is 2.74. The highest BCUT2D eigenvalue weighted by Gasteiger charge is 2.18. The van der Waals surface area contributed by atoms with E-state index in [1.165, 1.54) is 19.0 Å². The molecule has 1 aliphatic rings. The third kappa shape index (κ3) is 2.40. The molecule has 0 amide bonds. The largest absolute Gasteiger partial charge is 0.473 e. The van der Waals surface area contributed by atoms with Crippen LogP contribution in [-0.2, 0) is 0 Å². The molecule has 0 saturated heterocycles. The second kappa shape index (κ2) is 4.50. The first-order valence-electron chi connectivity index (χ1n) is 5.02. The first kappa shape index (κ1) is 10.3. The van der Waals surface area contributed by atoms with Gasteiger partial charge in [-0.2, -0.15) is 5.26 Å². The normalized spacial score (nSPS) is 16.3. The highest BCUT2D eigenvalue weighted by Crippen LogP contribution is 2.28. The summed E-state index contributed by atoms with van der Waals surface area (Å²) >= 11 is 5.95. The summed E-state index contributed by atoms with van der Waals surface area (Å²) in [5, 5.41) is 9.07. The molecule has 1 aromatic rings. The maximum atomic E-state index is 8.65. The number of nitriles is 1. The molecule has 78 valence electrons. The Hall–Kier alpha value is -1.27. The van der Waals surface area contributed by atoms with Crippen molar-refractivity contribution in [3.63, 3.8) is 0 Å². The number of ether oxygens (including phenoxy) is 1. The molecule has 3 nitrogen and oxygen atoms in total. The quantitative estimate of drug-likeness (QED) is 0.773. The van der Waals surface area contributed by atoms with E-state index in [0.29, 0.717) is 16.5 Å². The third-order valence-corrected chi connectivity index (χ3v) is 2.79. The van der Waals surface area contributed by atoms with Crippen molar-refractivity contribution in [3.8, 4) is 11.9 Å². The van der Waals surface area contributed by atoms with Gasteiger partial charge in [-0.05, 0) is 31.7 Å². The fourth-order valence-corrected chi connectivity index (χ4v) is 1.95. The first-order chi connectivity index (χ1) is 7.29. The Balaban J connectivity index is 2.11. The summed E-state index contributed by atoms with van der Waals surface area (Å²) in [4.78, 5) is 4.04. The van der Waals surface area contributed by atoms with Crippen molar-refractivity contribution in [3.05, 3.63) is 22.8 Å². The lowest BCUT2D eigenvalue weighted by atomic mass is 10.3. The van der Waals surface area contributed by atoms with Crippen molar-refractivity contribution in [2.24, 2.45) is 0 Å². The molecule has 0 atom stereocenters. The smallest absolute Gasteiger partial charge is 0.232 e. The highest BCUT2D eigenvalue weighted by atomic mass is 35.5. The predicted octanol–water partition coefficient (Wildman–Crippen LogP) is 2.93. The Bertz CT molecular complexity index is 394. The van der Waals surface area contributed by atoms with Gasteiger partial charge in [0.15, 0.2) is 0 Å². The van der Waals surface area contributed by atoms with Crippen molar-refractivity contribution >= 4 is 11.6 Å². The van der Waals surface area contributed by atoms with E-state index in [9.17, 15) is 0 Å². The number of aromatic nitrogens is 1. The fourth-order valence-electron chi connectivity index (χ4n) is 1.74. The lowest BCUT2D eigenvalue weighted by Crippen LogP contribution is -2.12. The van der Waals surface area contributed by atoms with Crippen LogP contribution in [0.4, 0.5) is 0 Å². The number of hydrogen-bond donors (Lipinski definition) is 0. The minimum atomic E-state index is 0.239. The minimum absolute atomic E-state index is 0.239. The maximum Gasteiger partial charge on any atom is 0.232 e. The van der Waals surface area contributed by atoms with Gasteiger partial charge in [-0.15, -0.1) is 0 Å². The van der Waals surface area contributed by atoms with E-state index in [4.69, 9.17) is 21.6 Å². The van der Waals surface area contributed by atoms with Crippen LogP contribution in [-0.4, -0.2) is 11.1 Å². The molecule has 0 aromatic carbocycles. The molecule has 1 heterocycles. The van der Waals surface area contributed by atoms with E-state index in [-0.39, 0.29) is 6.10 Å². The van der Waals surface area contributed by atoms with Crippen LogP contribution in [0, 0.1) is 11.3 Å². The number of pyridine rings is 1. The Morgan fingerprint density at radius 1 is 1.47 bits per heavy atom. The summed E-state index contributed by atoms with van der Waals surface area (Å²) in [5.41, 5.74) is 0.457. The molecule has 1 fully saturated rings. The Labute approximate surface area is 93.6 Å². The van der Waals surface area contributed by atoms with Crippen LogP contribution in [0.3, 0.4) is 0 Å². The van der Waals surface area contributed by atoms with E-state index in [1.54, 1.807) is 6.07 Å². The Morgan fingerprint density at radius 3 is 2.80 bits per heavy atom. The SMILES string of the molecule is N#Cc1cnc(OC2CCCC2)c(Cl)c1. The van der Waals surface area contributed by atoms with E-state index in [1.807, 2.05) is 6.07 Å². The van der Waals surface area contributed by atoms with Gasteiger partial charge in [-0.25, -0.2) is 4.98 Å². The minimum Gasteiger partial charge on any atom is -0.473 e. The molecule has 0 N–H and O–H groups in total. The maximum absolute atomic E-state index is 8.65. The molecule has 0 unspecified atom stereocenters. The van der Waals surface area contributed by atoms with Crippen LogP contribution in [0.25, 0.3) is 0 Å². The third-order valence-electron chi connectivity index (χ3n) is 2.52. The number of hydrogen-bond acceptors (Lipinski definition) is 3. The summed E-state index contributed by atoms with van der Waals surface area (Å²) < 4.78 is 5.65. The molecule has 1 aliphatic carbocycles. The van der Waals surface area contributed by atoms with Crippen molar-refractivity contribution in [2.75, 3.05) is 0 Å². The average molecular weight is 223 g/mol. The molecular weight excluding hydrogens is 212 g/mol. The van der Waals surface area contributed by atoms with Crippen molar-refractivity contribution in [1.82, 2.24) is 4.98 Å². The van der Waals surface area contributed by atoms with Crippen LogP contribution in [0.5, 0.6) is 5.88 Å². The van der Waals surface area contributed by atoms with E-state index < -0.39 is 0 Å². The van der Waals surface area contributed by atoms with Crippen molar-refractivity contribution < 1.29 is 4.74 Å². The lowest BCUT2D eigenvalue weighted by Gasteiger charge is -2.12. The second-order valence-corrected chi connectivity index (χ2v) is 4.05. The lowest BCUT2D eigenvalue weighted by molar-refractivity contribution is 0.201. The molecule has 0 radical (unpaired) electrons. The summed E-state index contributed by atoms with van der Waals surface area (Å²) in [6.07, 6.45) is 6.27. The van der Waals surface area contributed by atoms with Gasteiger partial charge in [0.05, 0.1) is 5.56 Å². The molecule has 0 bridgehead atoms.